The van der Waals surface area contributed by atoms with Gasteiger partial charge in [0.25, 0.3) is 0 Å². The van der Waals surface area contributed by atoms with Gasteiger partial charge in [-0.05, 0) is 57.7 Å². The Kier molecular flexibility index (Phi) is 6.45. The van der Waals surface area contributed by atoms with Crippen molar-refractivity contribution in [2.45, 2.75) is 64.1 Å². The molecule has 1 amide bonds. The van der Waals surface area contributed by atoms with E-state index in [1.807, 2.05) is 0 Å². The summed E-state index contributed by atoms with van der Waals surface area (Å²) < 4.78 is 0. The Balaban J connectivity index is 1.93. The number of nitrogens with one attached hydrogen (secondary N) is 2. The van der Waals surface area contributed by atoms with Crippen LogP contribution < -0.4 is 10.6 Å². The summed E-state index contributed by atoms with van der Waals surface area (Å²) >= 11 is 0. The highest BCUT2D eigenvalue weighted by molar-refractivity contribution is 5.82. The second-order valence-corrected chi connectivity index (χ2v) is 6.75. The van der Waals surface area contributed by atoms with Crippen LogP contribution in [0.2, 0.25) is 0 Å². The summed E-state index contributed by atoms with van der Waals surface area (Å²) in [6, 6.07) is 0.672. The van der Waals surface area contributed by atoms with Crippen LogP contribution in [0.1, 0.15) is 46.0 Å². The molecule has 0 bridgehead atoms. The fraction of sp³-hybridized carbons (Fsp3) is 0.938. The van der Waals surface area contributed by atoms with E-state index < -0.39 is 0 Å². The number of carbonyl (C=O) groups is 1. The molecule has 0 saturated carbocycles. The van der Waals surface area contributed by atoms with Crippen molar-refractivity contribution in [2.75, 3.05) is 26.2 Å². The molecule has 0 aromatic rings. The summed E-state index contributed by atoms with van der Waals surface area (Å²) in [6.45, 7) is 7.50. The first-order valence-corrected chi connectivity index (χ1v) is 8.51. The zero-order valence-corrected chi connectivity index (χ0v) is 13.5. The first-order valence-electron chi connectivity index (χ1n) is 8.51. The van der Waals surface area contributed by atoms with Crippen molar-refractivity contribution in [3.05, 3.63) is 0 Å². The van der Waals surface area contributed by atoms with Gasteiger partial charge in [-0.3, -0.25) is 9.69 Å². The van der Waals surface area contributed by atoms with E-state index in [1.54, 1.807) is 0 Å². The van der Waals surface area contributed by atoms with Crippen LogP contribution in [0.25, 0.3) is 0 Å². The minimum absolute atomic E-state index is 0.0352. The van der Waals surface area contributed by atoms with E-state index in [0.29, 0.717) is 18.4 Å². The number of piperidine rings is 1. The minimum atomic E-state index is 0.0352. The van der Waals surface area contributed by atoms with Crippen LogP contribution in [0, 0.1) is 5.92 Å². The molecule has 2 aliphatic heterocycles. The third-order valence-electron chi connectivity index (χ3n) is 4.95. The molecule has 0 spiro atoms. The zero-order chi connectivity index (χ0) is 15.2. The van der Waals surface area contributed by atoms with Crippen molar-refractivity contribution in [1.82, 2.24) is 15.5 Å². The molecule has 21 heavy (non-hydrogen) atoms. The van der Waals surface area contributed by atoms with Crippen LogP contribution in [0.15, 0.2) is 0 Å². The molecule has 2 unspecified atom stereocenters. The maximum absolute atomic E-state index is 12.6. The molecule has 2 rings (SSSR count). The molecule has 2 fully saturated rings. The summed E-state index contributed by atoms with van der Waals surface area (Å²) in [5.41, 5.74) is 0. The number of rotatable bonds is 6. The maximum Gasteiger partial charge on any atom is 0.237 e. The molecule has 2 aliphatic rings. The molecule has 3 N–H and O–H groups in total. The van der Waals surface area contributed by atoms with Gasteiger partial charge >= 0.3 is 0 Å². The summed E-state index contributed by atoms with van der Waals surface area (Å²) in [6.07, 6.45) is 5.03. The molecule has 0 aromatic carbocycles. The average Bonchev–Trinajstić information content (AvgIpc) is 2.97. The van der Waals surface area contributed by atoms with Crippen molar-refractivity contribution in [3.8, 4) is 0 Å². The molecule has 0 radical (unpaired) electrons. The molecule has 2 saturated heterocycles. The van der Waals surface area contributed by atoms with Gasteiger partial charge in [-0.2, -0.15) is 0 Å². The van der Waals surface area contributed by atoms with Crippen LogP contribution in [0.3, 0.4) is 0 Å². The third kappa shape index (κ3) is 4.41. The minimum Gasteiger partial charge on any atom is -0.396 e. The lowest BCUT2D eigenvalue weighted by Gasteiger charge is -2.36. The SMILES string of the molecule is CC(C)C(CCO)NC(=O)C1CCCN1C1CCNCC1. The normalized spacial score (nSPS) is 26.2. The van der Waals surface area contributed by atoms with Gasteiger partial charge in [0.1, 0.15) is 0 Å². The van der Waals surface area contributed by atoms with Gasteiger partial charge in [-0.15, -0.1) is 0 Å². The fourth-order valence-electron chi connectivity index (χ4n) is 3.64. The highest BCUT2D eigenvalue weighted by Crippen LogP contribution is 2.25. The molecule has 0 aliphatic carbocycles. The highest BCUT2D eigenvalue weighted by Gasteiger charge is 2.36. The molecule has 2 heterocycles. The molecule has 0 aromatic heterocycles. The van der Waals surface area contributed by atoms with E-state index in [-0.39, 0.29) is 24.6 Å². The quantitative estimate of drug-likeness (QED) is 0.676. The van der Waals surface area contributed by atoms with Gasteiger partial charge in [-0.25, -0.2) is 0 Å². The maximum atomic E-state index is 12.6. The number of nitrogens with zero attached hydrogens (tertiary/aromatic N) is 1. The Morgan fingerprint density at radius 2 is 2.05 bits per heavy atom. The molecular formula is C16H31N3O2. The molecule has 2 atom stereocenters. The van der Waals surface area contributed by atoms with Crippen molar-refractivity contribution in [3.63, 3.8) is 0 Å². The number of likely N-dealkylation sites (tertiary alicyclic amines) is 1. The van der Waals surface area contributed by atoms with E-state index in [0.717, 1.165) is 45.3 Å². The second-order valence-electron chi connectivity index (χ2n) is 6.75. The predicted molar refractivity (Wildman–Crippen MR) is 84.1 cm³/mol. The van der Waals surface area contributed by atoms with E-state index in [2.05, 4.69) is 29.4 Å². The molecule has 5 heteroatoms. The van der Waals surface area contributed by atoms with Crippen molar-refractivity contribution >= 4 is 5.91 Å². The van der Waals surface area contributed by atoms with Gasteiger partial charge in [0.2, 0.25) is 5.91 Å². The highest BCUT2D eigenvalue weighted by atomic mass is 16.3. The van der Waals surface area contributed by atoms with Gasteiger partial charge in [0.15, 0.2) is 0 Å². The number of aliphatic hydroxyl groups excluding tert-OH is 1. The van der Waals surface area contributed by atoms with E-state index in [9.17, 15) is 4.79 Å². The van der Waals surface area contributed by atoms with E-state index in [4.69, 9.17) is 5.11 Å². The van der Waals surface area contributed by atoms with Gasteiger partial charge in [0, 0.05) is 18.7 Å². The summed E-state index contributed by atoms with van der Waals surface area (Å²) in [4.78, 5) is 15.1. The summed E-state index contributed by atoms with van der Waals surface area (Å²) in [5.74, 6) is 0.521. The number of hydrogen-bond acceptors (Lipinski definition) is 4. The lowest BCUT2D eigenvalue weighted by atomic mass is 10.00. The average molecular weight is 297 g/mol. The second kappa shape index (κ2) is 8.11. The topological polar surface area (TPSA) is 64.6 Å². The number of amides is 1. The first kappa shape index (κ1) is 16.7. The van der Waals surface area contributed by atoms with Crippen LogP contribution in [0.4, 0.5) is 0 Å². The molecule has 122 valence electrons. The standard InChI is InChI=1S/C16H31N3O2/c1-12(2)14(7-11-20)18-16(21)15-4-3-10-19(15)13-5-8-17-9-6-13/h12-15,17,20H,3-11H2,1-2H3,(H,18,21). The van der Waals surface area contributed by atoms with Crippen LogP contribution in [-0.4, -0.2) is 60.3 Å². The summed E-state index contributed by atoms with van der Waals surface area (Å²) in [7, 11) is 0. The van der Waals surface area contributed by atoms with Crippen molar-refractivity contribution < 1.29 is 9.90 Å². The largest absolute Gasteiger partial charge is 0.396 e. The summed E-state index contributed by atoms with van der Waals surface area (Å²) in [5, 5.41) is 15.7. The predicted octanol–water partition coefficient (Wildman–Crippen LogP) is 0.726. The number of carbonyl (C=O) groups excluding carboxylic acids is 1. The van der Waals surface area contributed by atoms with Crippen molar-refractivity contribution in [1.29, 1.82) is 0 Å². The Hall–Kier alpha value is -0.650. The van der Waals surface area contributed by atoms with E-state index >= 15 is 0 Å². The number of aliphatic hydroxyl groups is 1. The van der Waals surface area contributed by atoms with Crippen LogP contribution in [-0.2, 0) is 4.79 Å². The number of hydrogen-bond donors (Lipinski definition) is 3. The Bertz CT molecular complexity index is 329. The Morgan fingerprint density at radius 1 is 1.33 bits per heavy atom. The first-order chi connectivity index (χ1) is 10.1. The van der Waals surface area contributed by atoms with Crippen molar-refractivity contribution in [2.24, 2.45) is 5.92 Å². The van der Waals surface area contributed by atoms with Crippen LogP contribution in [0.5, 0.6) is 0 Å². The van der Waals surface area contributed by atoms with E-state index in [1.165, 1.54) is 0 Å². The molecule has 5 nitrogen and oxygen atoms in total. The van der Waals surface area contributed by atoms with Gasteiger partial charge < -0.3 is 15.7 Å². The smallest absolute Gasteiger partial charge is 0.237 e. The Morgan fingerprint density at radius 3 is 2.67 bits per heavy atom. The Labute approximate surface area is 128 Å². The fourth-order valence-corrected chi connectivity index (χ4v) is 3.64. The molecular weight excluding hydrogens is 266 g/mol. The van der Waals surface area contributed by atoms with Crippen LogP contribution >= 0.6 is 0 Å². The van der Waals surface area contributed by atoms with Gasteiger partial charge in [0.05, 0.1) is 6.04 Å². The monoisotopic (exact) mass is 297 g/mol. The lowest BCUT2D eigenvalue weighted by Crippen LogP contribution is -2.53. The van der Waals surface area contributed by atoms with Gasteiger partial charge in [-0.1, -0.05) is 13.8 Å². The lowest BCUT2D eigenvalue weighted by molar-refractivity contribution is -0.127. The third-order valence-corrected chi connectivity index (χ3v) is 4.95. The zero-order valence-electron chi connectivity index (χ0n) is 13.5.